The van der Waals surface area contributed by atoms with Crippen molar-refractivity contribution in [3.63, 3.8) is 0 Å². The first-order valence-electron chi connectivity index (χ1n) is 6.43. The van der Waals surface area contributed by atoms with Gasteiger partial charge in [0, 0.05) is 17.3 Å². The Hall–Kier alpha value is -0.780. The van der Waals surface area contributed by atoms with Crippen LogP contribution in [0.1, 0.15) is 18.3 Å². The average molecular weight is 333 g/mol. The van der Waals surface area contributed by atoms with Crippen molar-refractivity contribution in [2.75, 3.05) is 17.4 Å². The van der Waals surface area contributed by atoms with Crippen molar-refractivity contribution in [1.82, 2.24) is 9.55 Å². The Morgan fingerprint density at radius 3 is 2.85 bits per heavy atom. The lowest BCUT2D eigenvalue weighted by Gasteiger charge is -2.14. The van der Waals surface area contributed by atoms with Crippen molar-refractivity contribution in [2.45, 2.75) is 18.9 Å². The van der Waals surface area contributed by atoms with Gasteiger partial charge in [0.25, 0.3) is 0 Å². The summed E-state index contributed by atoms with van der Waals surface area (Å²) in [7, 11) is -2.94. The van der Waals surface area contributed by atoms with Gasteiger partial charge in [0.1, 0.15) is 5.82 Å². The zero-order valence-corrected chi connectivity index (χ0v) is 13.0. The lowest BCUT2D eigenvalue weighted by Crippen LogP contribution is -2.14. The molecule has 1 atom stereocenters. The van der Waals surface area contributed by atoms with Crippen LogP contribution in [-0.2, 0) is 16.3 Å². The van der Waals surface area contributed by atoms with E-state index in [0.29, 0.717) is 23.7 Å². The fourth-order valence-electron chi connectivity index (χ4n) is 2.77. The number of hydrogen-bond donors (Lipinski definition) is 0. The van der Waals surface area contributed by atoms with Crippen LogP contribution in [0.4, 0.5) is 0 Å². The van der Waals surface area contributed by atoms with E-state index in [2.05, 4.69) is 4.98 Å². The van der Waals surface area contributed by atoms with E-state index in [4.69, 9.17) is 23.2 Å². The third-order valence-corrected chi connectivity index (χ3v) is 5.79. The van der Waals surface area contributed by atoms with Crippen molar-refractivity contribution < 1.29 is 8.42 Å². The maximum absolute atomic E-state index is 11.7. The first kappa shape index (κ1) is 14.2. The molecule has 2 aromatic rings. The van der Waals surface area contributed by atoms with Crippen LogP contribution in [0.25, 0.3) is 11.0 Å². The highest BCUT2D eigenvalue weighted by Crippen LogP contribution is 2.30. The van der Waals surface area contributed by atoms with E-state index in [1.807, 2.05) is 10.6 Å². The van der Waals surface area contributed by atoms with Gasteiger partial charge in [-0.1, -0.05) is 11.6 Å². The molecule has 0 saturated carbocycles. The number of halogens is 2. The number of aromatic nitrogens is 2. The minimum Gasteiger partial charge on any atom is -0.324 e. The van der Waals surface area contributed by atoms with E-state index in [9.17, 15) is 8.42 Å². The Balaban J connectivity index is 2.14. The standard InChI is InChI=1S/C13H14Cl2N2O2S/c14-5-3-13-16-11-7-9(15)1-2-12(11)17(13)10-4-6-20(18,19)8-10/h1-2,7,10H,3-6,8H2. The molecule has 1 saturated heterocycles. The summed E-state index contributed by atoms with van der Waals surface area (Å²) >= 11 is 11.8. The number of benzene rings is 1. The topological polar surface area (TPSA) is 52.0 Å². The van der Waals surface area contributed by atoms with Crippen LogP contribution in [0.2, 0.25) is 5.02 Å². The van der Waals surface area contributed by atoms with Gasteiger partial charge in [-0.15, -0.1) is 11.6 Å². The molecule has 0 amide bonds. The molecule has 1 aliphatic heterocycles. The summed E-state index contributed by atoms with van der Waals surface area (Å²) in [6.07, 6.45) is 1.25. The van der Waals surface area contributed by atoms with Gasteiger partial charge >= 0.3 is 0 Å². The van der Waals surface area contributed by atoms with E-state index in [1.54, 1.807) is 12.1 Å². The van der Waals surface area contributed by atoms with E-state index in [0.717, 1.165) is 16.9 Å². The Bertz CT molecular complexity index is 755. The highest BCUT2D eigenvalue weighted by atomic mass is 35.5. The van der Waals surface area contributed by atoms with Crippen molar-refractivity contribution in [2.24, 2.45) is 0 Å². The van der Waals surface area contributed by atoms with Gasteiger partial charge in [-0.3, -0.25) is 0 Å². The minimum atomic E-state index is -2.94. The largest absolute Gasteiger partial charge is 0.324 e. The smallest absolute Gasteiger partial charge is 0.152 e. The summed E-state index contributed by atoms with van der Waals surface area (Å²) in [4.78, 5) is 4.55. The number of alkyl halides is 1. The lowest BCUT2D eigenvalue weighted by atomic mass is 10.2. The monoisotopic (exact) mass is 332 g/mol. The van der Waals surface area contributed by atoms with Gasteiger partial charge in [-0.2, -0.15) is 0 Å². The molecule has 1 fully saturated rings. The average Bonchev–Trinajstić information content (AvgIpc) is 2.89. The molecule has 2 heterocycles. The number of fused-ring (bicyclic) bond motifs is 1. The van der Waals surface area contributed by atoms with Gasteiger partial charge in [0.05, 0.1) is 28.6 Å². The second-order valence-corrected chi connectivity index (χ2v) is 8.07. The third-order valence-electron chi connectivity index (χ3n) is 3.62. The van der Waals surface area contributed by atoms with E-state index < -0.39 is 9.84 Å². The summed E-state index contributed by atoms with van der Waals surface area (Å²) < 4.78 is 25.5. The van der Waals surface area contributed by atoms with E-state index in [-0.39, 0.29) is 17.5 Å². The number of hydrogen-bond acceptors (Lipinski definition) is 3. The molecule has 1 unspecified atom stereocenters. The fourth-order valence-corrected chi connectivity index (χ4v) is 4.80. The predicted octanol–water partition coefficient (Wildman–Crippen LogP) is 2.83. The van der Waals surface area contributed by atoms with Crippen LogP contribution >= 0.6 is 23.2 Å². The van der Waals surface area contributed by atoms with Crippen LogP contribution in [0.15, 0.2) is 18.2 Å². The quantitative estimate of drug-likeness (QED) is 0.812. The second kappa shape index (κ2) is 5.20. The molecule has 1 aromatic heterocycles. The molecule has 0 aliphatic carbocycles. The summed E-state index contributed by atoms with van der Waals surface area (Å²) in [5, 5.41) is 0.624. The number of rotatable bonds is 3. The molecule has 0 spiro atoms. The number of imidazole rings is 1. The maximum Gasteiger partial charge on any atom is 0.152 e. The molecule has 4 nitrogen and oxygen atoms in total. The summed E-state index contributed by atoms with van der Waals surface area (Å²) in [6, 6.07) is 5.45. The molecule has 20 heavy (non-hydrogen) atoms. The van der Waals surface area contributed by atoms with Gasteiger partial charge in [-0.25, -0.2) is 13.4 Å². The first-order valence-corrected chi connectivity index (χ1v) is 9.16. The van der Waals surface area contributed by atoms with Crippen LogP contribution in [-0.4, -0.2) is 35.4 Å². The zero-order chi connectivity index (χ0) is 14.3. The van der Waals surface area contributed by atoms with Crippen LogP contribution in [0.3, 0.4) is 0 Å². The molecule has 7 heteroatoms. The molecule has 0 N–H and O–H groups in total. The predicted molar refractivity (Wildman–Crippen MR) is 81.5 cm³/mol. The SMILES string of the molecule is O=S1(=O)CCC(n2c(CCCl)nc3cc(Cl)ccc32)C1. The van der Waals surface area contributed by atoms with Crippen molar-refractivity contribution in [3.05, 3.63) is 29.0 Å². The number of nitrogens with zero attached hydrogens (tertiary/aromatic N) is 2. The van der Waals surface area contributed by atoms with Crippen molar-refractivity contribution >= 4 is 44.1 Å². The maximum atomic E-state index is 11.7. The first-order chi connectivity index (χ1) is 9.50. The highest BCUT2D eigenvalue weighted by molar-refractivity contribution is 7.91. The summed E-state index contributed by atoms with van der Waals surface area (Å²) in [5.74, 6) is 1.71. The molecule has 0 bridgehead atoms. The zero-order valence-electron chi connectivity index (χ0n) is 10.7. The number of aryl methyl sites for hydroxylation is 1. The second-order valence-electron chi connectivity index (χ2n) is 5.03. The third kappa shape index (κ3) is 2.54. The van der Waals surface area contributed by atoms with Crippen molar-refractivity contribution in [1.29, 1.82) is 0 Å². The molecule has 0 radical (unpaired) electrons. The normalized spacial score (nSPS) is 21.6. The Morgan fingerprint density at radius 2 is 2.20 bits per heavy atom. The van der Waals surface area contributed by atoms with E-state index in [1.165, 1.54) is 0 Å². The van der Waals surface area contributed by atoms with Gasteiger partial charge in [-0.05, 0) is 24.6 Å². The molecule has 108 valence electrons. The van der Waals surface area contributed by atoms with Crippen LogP contribution in [0, 0.1) is 0 Å². The summed E-state index contributed by atoms with van der Waals surface area (Å²) in [5.41, 5.74) is 1.72. The summed E-state index contributed by atoms with van der Waals surface area (Å²) in [6.45, 7) is 0. The molecule has 3 rings (SSSR count). The van der Waals surface area contributed by atoms with Crippen molar-refractivity contribution in [3.8, 4) is 0 Å². The molecule has 1 aliphatic rings. The van der Waals surface area contributed by atoms with E-state index >= 15 is 0 Å². The number of sulfone groups is 1. The lowest BCUT2D eigenvalue weighted by molar-refractivity contribution is 0.548. The Labute approximate surface area is 127 Å². The van der Waals surface area contributed by atoms with Gasteiger partial charge in [0.15, 0.2) is 9.84 Å². The molecular formula is C13H14Cl2N2O2S. The fraction of sp³-hybridized carbons (Fsp3) is 0.462. The molecular weight excluding hydrogens is 319 g/mol. The van der Waals surface area contributed by atoms with Gasteiger partial charge in [0.2, 0.25) is 0 Å². The molecule has 1 aromatic carbocycles. The Morgan fingerprint density at radius 1 is 1.40 bits per heavy atom. The van der Waals surface area contributed by atoms with Crippen LogP contribution in [0.5, 0.6) is 0 Å². The van der Waals surface area contributed by atoms with Crippen LogP contribution < -0.4 is 0 Å². The minimum absolute atomic E-state index is 0.0515. The highest BCUT2D eigenvalue weighted by Gasteiger charge is 2.31. The van der Waals surface area contributed by atoms with Gasteiger partial charge < -0.3 is 4.57 Å². The Kier molecular flexibility index (Phi) is 3.69.